The van der Waals surface area contributed by atoms with Crippen LogP contribution in [-0.4, -0.2) is 27.9 Å². The summed E-state index contributed by atoms with van der Waals surface area (Å²) in [6.45, 7) is 1.90. The van der Waals surface area contributed by atoms with Gasteiger partial charge in [-0.2, -0.15) is 0 Å². The highest BCUT2D eigenvalue weighted by Gasteiger charge is 2.28. The van der Waals surface area contributed by atoms with E-state index in [2.05, 4.69) is 15.3 Å². The Morgan fingerprint density at radius 1 is 1.33 bits per heavy atom. The number of esters is 1. The molecule has 0 bridgehead atoms. The zero-order valence-corrected chi connectivity index (χ0v) is 11.6. The van der Waals surface area contributed by atoms with E-state index in [4.69, 9.17) is 4.74 Å². The van der Waals surface area contributed by atoms with Gasteiger partial charge in [0, 0.05) is 6.42 Å². The van der Waals surface area contributed by atoms with E-state index in [-0.39, 0.29) is 12.5 Å². The predicted molar refractivity (Wildman–Crippen MR) is 75.2 cm³/mol. The Morgan fingerprint density at radius 2 is 2.05 bits per heavy atom. The van der Waals surface area contributed by atoms with Gasteiger partial charge in [0.05, 0.1) is 22.4 Å². The molecule has 0 unspecified atom stereocenters. The fourth-order valence-corrected chi connectivity index (χ4v) is 2.29. The van der Waals surface area contributed by atoms with E-state index in [1.54, 1.807) is 0 Å². The number of hydrogen-bond donors (Lipinski definition) is 1. The number of carbonyl (C=O) groups excluding carboxylic acids is 2. The second-order valence-electron chi connectivity index (χ2n) is 5.01. The van der Waals surface area contributed by atoms with Crippen LogP contribution in [0.1, 0.15) is 24.2 Å². The van der Waals surface area contributed by atoms with Crippen LogP contribution in [0.3, 0.4) is 0 Å². The molecule has 1 aromatic carbocycles. The van der Waals surface area contributed by atoms with Crippen molar-refractivity contribution >= 4 is 22.9 Å². The van der Waals surface area contributed by atoms with E-state index in [1.807, 2.05) is 31.2 Å². The Bertz CT molecular complexity index is 714. The van der Waals surface area contributed by atoms with E-state index in [1.165, 1.54) is 0 Å². The van der Waals surface area contributed by atoms with Gasteiger partial charge in [0.1, 0.15) is 12.6 Å². The van der Waals surface area contributed by atoms with Gasteiger partial charge < -0.3 is 10.1 Å². The molecule has 1 atom stereocenters. The van der Waals surface area contributed by atoms with Crippen LogP contribution in [0, 0.1) is 6.92 Å². The summed E-state index contributed by atoms with van der Waals surface area (Å²) < 4.78 is 5.23. The lowest BCUT2D eigenvalue weighted by atomic mass is 10.2. The molecule has 2 aromatic rings. The van der Waals surface area contributed by atoms with Crippen LogP contribution >= 0.6 is 0 Å². The number of nitrogens with zero attached hydrogens (tertiary/aromatic N) is 2. The molecule has 108 valence electrons. The molecule has 1 aromatic heterocycles. The molecular formula is C15H15N3O3. The van der Waals surface area contributed by atoms with Crippen molar-refractivity contribution in [3.63, 3.8) is 0 Å². The standard InChI is InChI=1S/C15H15N3O3/c1-9-13(17-11-5-3-2-4-10(11)16-9)8-21-15(20)12-6-7-14(19)18-12/h2-5,12H,6-8H2,1H3,(H,18,19)/t12-/m1/s1. The maximum absolute atomic E-state index is 11.9. The first-order chi connectivity index (χ1) is 10.1. The predicted octanol–water partition coefficient (Wildman–Crippen LogP) is 1.26. The van der Waals surface area contributed by atoms with Crippen LogP contribution in [-0.2, 0) is 20.9 Å². The first kappa shape index (κ1) is 13.5. The van der Waals surface area contributed by atoms with Crippen LogP contribution in [0.4, 0.5) is 0 Å². The smallest absolute Gasteiger partial charge is 0.329 e. The van der Waals surface area contributed by atoms with Gasteiger partial charge in [-0.3, -0.25) is 4.79 Å². The molecule has 0 aliphatic carbocycles. The third-order valence-corrected chi connectivity index (χ3v) is 3.47. The highest BCUT2D eigenvalue weighted by Crippen LogP contribution is 2.14. The van der Waals surface area contributed by atoms with Gasteiger partial charge in [-0.05, 0) is 25.5 Å². The Hall–Kier alpha value is -2.50. The molecule has 1 fully saturated rings. The molecule has 21 heavy (non-hydrogen) atoms. The summed E-state index contributed by atoms with van der Waals surface area (Å²) in [5.74, 6) is -0.533. The lowest BCUT2D eigenvalue weighted by molar-refractivity contribution is -0.147. The summed E-state index contributed by atoms with van der Waals surface area (Å²) in [7, 11) is 0. The lowest BCUT2D eigenvalue weighted by Gasteiger charge is -2.11. The fraction of sp³-hybridized carbons (Fsp3) is 0.333. The molecule has 6 nitrogen and oxygen atoms in total. The minimum atomic E-state index is -0.536. The number of fused-ring (bicyclic) bond motifs is 1. The first-order valence-corrected chi connectivity index (χ1v) is 6.82. The largest absolute Gasteiger partial charge is 0.458 e. The molecule has 3 rings (SSSR count). The van der Waals surface area contributed by atoms with Crippen molar-refractivity contribution < 1.29 is 14.3 Å². The minimum Gasteiger partial charge on any atom is -0.458 e. The van der Waals surface area contributed by atoms with E-state index < -0.39 is 12.0 Å². The summed E-state index contributed by atoms with van der Waals surface area (Å²) >= 11 is 0. The van der Waals surface area contributed by atoms with Gasteiger partial charge >= 0.3 is 5.97 Å². The van der Waals surface area contributed by atoms with Gasteiger partial charge in [-0.25, -0.2) is 14.8 Å². The zero-order valence-electron chi connectivity index (χ0n) is 11.6. The molecular weight excluding hydrogens is 270 g/mol. The number of aryl methyl sites for hydroxylation is 1. The maximum atomic E-state index is 11.9. The van der Waals surface area contributed by atoms with Gasteiger partial charge in [-0.1, -0.05) is 12.1 Å². The van der Waals surface area contributed by atoms with E-state index in [0.717, 1.165) is 16.7 Å². The van der Waals surface area contributed by atoms with Crippen molar-refractivity contribution in [3.05, 3.63) is 35.7 Å². The normalized spacial score (nSPS) is 17.8. The van der Waals surface area contributed by atoms with Crippen LogP contribution in [0.25, 0.3) is 11.0 Å². The van der Waals surface area contributed by atoms with Crippen LogP contribution in [0.2, 0.25) is 0 Å². The molecule has 1 N–H and O–H groups in total. The maximum Gasteiger partial charge on any atom is 0.329 e. The summed E-state index contributed by atoms with van der Waals surface area (Å²) in [6.07, 6.45) is 0.856. The minimum absolute atomic E-state index is 0.0644. The number of ether oxygens (including phenoxy) is 1. The SMILES string of the molecule is Cc1nc2ccccc2nc1COC(=O)[C@H]1CCC(=O)N1. The summed E-state index contributed by atoms with van der Waals surface area (Å²) in [6, 6.07) is 7.00. The summed E-state index contributed by atoms with van der Waals surface area (Å²) in [5.41, 5.74) is 2.94. The van der Waals surface area contributed by atoms with Crippen molar-refractivity contribution in [2.24, 2.45) is 0 Å². The average molecular weight is 285 g/mol. The molecule has 2 heterocycles. The average Bonchev–Trinajstić information content (AvgIpc) is 2.91. The summed E-state index contributed by atoms with van der Waals surface area (Å²) in [5, 5.41) is 2.58. The Kier molecular flexibility index (Phi) is 3.51. The summed E-state index contributed by atoms with van der Waals surface area (Å²) in [4.78, 5) is 31.8. The number of benzene rings is 1. The molecule has 0 spiro atoms. The van der Waals surface area contributed by atoms with Gasteiger partial charge in [0.2, 0.25) is 5.91 Å². The topological polar surface area (TPSA) is 81.2 Å². The highest BCUT2D eigenvalue weighted by atomic mass is 16.5. The molecule has 1 saturated heterocycles. The van der Waals surface area contributed by atoms with Gasteiger partial charge in [0.25, 0.3) is 0 Å². The van der Waals surface area contributed by atoms with Crippen molar-refractivity contribution in [1.82, 2.24) is 15.3 Å². The van der Waals surface area contributed by atoms with Crippen LogP contribution in [0.5, 0.6) is 0 Å². The number of carbonyl (C=O) groups is 2. The van der Waals surface area contributed by atoms with Crippen molar-refractivity contribution in [2.75, 3.05) is 0 Å². The quantitative estimate of drug-likeness (QED) is 0.859. The highest BCUT2D eigenvalue weighted by molar-refractivity contribution is 5.88. The van der Waals surface area contributed by atoms with Crippen molar-refractivity contribution in [1.29, 1.82) is 0 Å². The molecule has 1 aliphatic heterocycles. The Balaban J connectivity index is 1.71. The molecule has 1 aliphatic rings. The second-order valence-corrected chi connectivity index (χ2v) is 5.01. The fourth-order valence-electron chi connectivity index (χ4n) is 2.29. The number of hydrogen-bond acceptors (Lipinski definition) is 5. The number of amides is 1. The van der Waals surface area contributed by atoms with Crippen molar-refractivity contribution in [2.45, 2.75) is 32.4 Å². The van der Waals surface area contributed by atoms with Gasteiger partial charge in [-0.15, -0.1) is 0 Å². The third-order valence-electron chi connectivity index (χ3n) is 3.47. The van der Waals surface area contributed by atoms with Gasteiger partial charge in [0.15, 0.2) is 0 Å². The van der Waals surface area contributed by atoms with E-state index in [0.29, 0.717) is 18.5 Å². The molecule has 0 saturated carbocycles. The second kappa shape index (κ2) is 5.47. The number of para-hydroxylation sites is 2. The first-order valence-electron chi connectivity index (χ1n) is 6.82. The number of nitrogens with one attached hydrogen (secondary N) is 1. The monoisotopic (exact) mass is 285 g/mol. The third kappa shape index (κ3) is 2.84. The van der Waals surface area contributed by atoms with E-state index >= 15 is 0 Å². The zero-order chi connectivity index (χ0) is 14.8. The van der Waals surface area contributed by atoms with Crippen LogP contribution in [0.15, 0.2) is 24.3 Å². The van der Waals surface area contributed by atoms with Crippen molar-refractivity contribution in [3.8, 4) is 0 Å². The number of rotatable bonds is 3. The molecule has 1 amide bonds. The Morgan fingerprint density at radius 3 is 2.71 bits per heavy atom. The molecule has 6 heteroatoms. The lowest BCUT2D eigenvalue weighted by Crippen LogP contribution is -2.34. The Labute approximate surface area is 121 Å². The molecule has 0 radical (unpaired) electrons. The van der Waals surface area contributed by atoms with E-state index in [9.17, 15) is 9.59 Å². The van der Waals surface area contributed by atoms with Crippen LogP contribution < -0.4 is 5.32 Å². The number of aromatic nitrogens is 2.